The Morgan fingerprint density at radius 3 is 2.52 bits per heavy atom. The number of esters is 1. The van der Waals surface area contributed by atoms with E-state index < -0.39 is 0 Å². The number of carbonyl (C=O) groups excluding carboxylic acids is 3. The van der Waals surface area contributed by atoms with Crippen molar-refractivity contribution >= 4 is 17.5 Å². The first-order valence-corrected chi connectivity index (χ1v) is 9.93. The lowest BCUT2D eigenvalue weighted by atomic mass is 9.44. The summed E-state index contributed by atoms with van der Waals surface area (Å²) in [6.07, 6.45) is 6.90. The summed E-state index contributed by atoms with van der Waals surface area (Å²) < 4.78 is 5.02. The van der Waals surface area contributed by atoms with Crippen molar-refractivity contribution in [1.29, 1.82) is 0 Å². The standard InChI is InChI=1S/C21H30O4/c1-20-8-6-13(22)10-12(20)4-5-14-15(20)7-9-21(2)16(19(24)25-3)11-17(23)18(14)21/h12,14-16,18H,4-11H2,1-3H3/t12-,14+,15-,16+,18+,20+,21+/m1/s1. The van der Waals surface area contributed by atoms with E-state index in [-0.39, 0.29) is 34.4 Å². The van der Waals surface area contributed by atoms with E-state index in [0.717, 1.165) is 38.5 Å². The summed E-state index contributed by atoms with van der Waals surface area (Å²) in [4.78, 5) is 37.2. The molecule has 4 rings (SSSR count). The van der Waals surface area contributed by atoms with Crippen LogP contribution in [0.3, 0.4) is 0 Å². The van der Waals surface area contributed by atoms with Crippen molar-refractivity contribution in [3.63, 3.8) is 0 Å². The normalized spacial score (nSPS) is 49.2. The Bertz CT molecular complexity index is 625. The van der Waals surface area contributed by atoms with E-state index in [1.165, 1.54) is 7.11 Å². The molecule has 4 nitrogen and oxygen atoms in total. The Kier molecular flexibility index (Phi) is 3.90. The number of hydrogen-bond donors (Lipinski definition) is 0. The molecule has 138 valence electrons. The molecular weight excluding hydrogens is 316 g/mol. The van der Waals surface area contributed by atoms with Gasteiger partial charge >= 0.3 is 5.97 Å². The van der Waals surface area contributed by atoms with Gasteiger partial charge in [-0.25, -0.2) is 0 Å². The molecule has 0 heterocycles. The molecule has 4 aliphatic rings. The zero-order chi connectivity index (χ0) is 18.0. The molecule has 0 aromatic carbocycles. The van der Waals surface area contributed by atoms with Gasteiger partial charge in [0.15, 0.2) is 0 Å². The molecule has 0 saturated heterocycles. The van der Waals surface area contributed by atoms with Gasteiger partial charge in [-0.2, -0.15) is 0 Å². The molecule has 0 spiro atoms. The van der Waals surface area contributed by atoms with Crippen LogP contribution in [0, 0.1) is 40.4 Å². The molecule has 4 aliphatic carbocycles. The van der Waals surface area contributed by atoms with Crippen LogP contribution in [-0.2, 0) is 19.1 Å². The minimum Gasteiger partial charge on any atom is -0.469 e. The fourth-order valence-corrected chi connectivity index (χ4v) is 7.33. The Morgan fingerprint density at radius 1 is 1.04 bits per heavy atom. The number of Topliss-reactive ketones (excluding diaryl/α,β-unsaturated/α-hetero) is 2. The SMILES string of the molecule is COC(=O)[C@@H]1CC(=O)[C@@H]2[C@H]3CC[C@@H]4CC(=O)CC[C@]4(C)[C@@H]3CC[C@]21C. The number of hydrogen-bond acceptors (Lipinski definition) is 4. The average molecular weight is 346 g/mol. The number of carbonyl (C=O) groups is 3. The molecule has 0 N–H and O–H groups in total. The summed E-state index contributed by atoms with van der Waals surface area (Å²) in [5.74, 6) is 1.63. The van der Waals surface area contributed by atoms with Gasteiger partial charge in [-0.3, -0.25) is 14.4 Å². The fraction of sp³-hybridized carbons (Fsp3) is 0.857. The number of rotatable bonds is 1. The molecule has 0 unspecified atom stereocenters. The predicted octanol–water partition coefficient (Wildman–Crippen LogP) is 3.57. The van der Waals surface area contributed by atoms with Crippen molar-refractivity contribution in [2.24, 2.45) is 40.4 Å². The molecule has 25 heavy (non-hydrogen) atoms. The van der Waals surface area contributed by atoms with Gasteiger partial charge in [-0.05, 0) is 60.7 Å². The van der Waals surface area contributed by atoms with Crippen molar-refractivity contribution in [2.75, 3.05) is 7.11 Å². The van der Waals surface area contributed by atoms with Crippen LogP contribution in [-0.4, -0.2) is 24.6 Å². The van der Waals surface area contributed by atoms with Gasteiger partial charge in [0.1, 0.15) is 11.6 Å². The van der Waals surface area contributed by atoms with Crippen LogP contribution in [0.2, 0.25) is 0 Å². The van der Waals surface area contributed by atoms with Crippen molar-refractivity contribution in [3.05, 3.63) is 0 Å². The van der Waals surface area contributed by atoms with Crippen LogP contribution in [0.25, 0.3) is 0 Å². The highest BCUT2D eigenvalue weighted by atomic mass is 16.5. The maximum Gasteiger partial charge on any atom is 0.309 e. The Balaban J connectivity index is 1.66. The van der Waals surface area contributed by atoms with Gasteiger partial charge in [-0.15, -0.1) is 0 Å². The average Bonchev–Trinajstić information content (AvgIpc) is 2.86. The summed E-state index contributed by atoms with van der Waals surface area (Å²) in [7, 11) is 1.43. The Hall–Kier alpha value is -1.19. The fourth-order valence-electron chi connectivity index (χ4n) is 7.33. The van der Waals surface area contributed by atoms with Crippen molar-refractivity contribution in [3.8, 4) is 0 Å². The summed E-state index contributed by atoms with van der Waals surface area (Å²) in [6, 6.07) is 0. The summed E-state index contributed by atoms with van der Waals surface area (Å²) >= 11 is 0. The van der Waals surface area contributed by atoms with Crippen molar-refractivity contribution in [1.82, 2.24) is 0 Å². The van der Waals surface area contributed by atoms with E-state index in [1.807, 2.05) is 0 Å². The molecule has 4 saturated carbocycles. The van der Waals surface area contributed by atoms with Crippen LogP contribution >= 0.6 is 0 Å². The minimum atomic E-state index is -0.269. The van der Waals surface area contributed by atoms with Gasteiger partial charge in [-0.1, -0.05) is 13.8 Å². The molecule has 0 amide bonds. The van der Waals surface area contributed by atoms with Crippen LogP contribution in [0.1, 0.15) is 65.2 Å². The summed E-state index contributed by atoms with van der Waals surface area (Å²) in [5.41, 5.74) is -0.0409. The highest BCUT2D eigenvalue weighted by Crippen LogP contribution is 2.66. The van der Waals surface area contributed by atoms with E-state index in [1.54, 1.807) is 0 Å². The lowest BCUT2D eigenvalue weighted by molar-refractivity contribution is -0.158. The van der Waals surface area contributed by atoms with E-state index in [2.05, 4.69) is 13.8 Å². The Labute approximate surface area is 150 Å². The first-order chi connectivity index (χ1) is 11.8. The third kappa shape index (κ3) is 2.28. The molecule has 7 atom stereocenters. The first kappa shape index (κ1) is 17.2. The molecule has 0 aromatic heterocycles. The summed E-state index contributed by atoms with van der Waals surface area (Å²) in [6.45, 7) is 4.53. The molecule has 4 heteroatoms. The number of ketones is 2. The molecule has 0 radical (unpaired) electrons. The third-order valence-corrected chi connectivity index (χ3v) is 8.73. The lowest BCUT2D eigenvalue weighted by Crippen LogP contribution is -2.54. The third-order valence-electron chi connectivity index (χ3n) is 8.73. The topological polar surface area (TPSA) is 60.4 Å². The molecule has 0 aromatic rings. The quantitative estimate of drug-likeness (QED) is 0.681. The molecular formula is C21H30O4. The predicted molar refractivity (Wildman–Crippen MR) is 92.6 cm³/mol. The van der Waals surface area contributed by atoms with Crippen LogP contribution < -0.4 is 0 Å². The maximum absolute atomic E-state index is 13.0. The smallest absolute Gasteiger partial charge is 0.309 e. The van der Waals surface area contributed by atoms with Crippen molar-refractivity contribution < 1.29 is 19.1 Å². The van der Waals surface area contributed by atoms with E-state index in [0.29, 0.717) is 36.4 Å². The second-order valence-electron chi connectivity index (χ2n) is 9.56. The number of methoxy groups -OCH3 is 1. The van der Waals surface area contributed by atoms with Crippen molar-refractivity contribution in [2.45, 2.75) is 65.2 Å². The lowest BCUT2D eigenvalue weighted by Gasteiger charge is -2.59. The highest BCUT2D eigenvalue weighted by Gasteiger charge is 2.64. The maximum atomic E-state index is 13.0. The summed E-state index contributed by atoms with van der Waals surface area (Å²) in [5, 5.41) is 0. The van der Waals surface area contributed by atoms with Crippen LogP contribution in [0.4, 0.5) is 0 Å². The van der Waals surface area contributed by atoms with Gasteiger partial charge in [0.05, 0.1) is 13.0 Å². The van der Waals surface area contributed by atoms with Crippen LogP contribution in [0.5, 0.6) is 0 Å². The molecule has 0 aliphatic heterocycles. The number of fused-ring (bicyclic) bond motifs is 5. The zero-order valence-electron chi connectivity index (χ0n) is 15.7. The zero-order valence-corrected chi connectivity index (χ0v) is 15.7. The highest BCUT2D eigenvalue weighted by molar-refractivity contribution is 5.92. The second-order valence-corrected chi connectivity index (χ2v) is 9.56. The number of ether oxygens (including phenoxy) is 1. The largest absolute Gasteiger partial charge is 0.469 e. The van der Waals surface area contributed by atoms with E-state index >= 15 is 0 Å². The molecule has 0 bridgehead atoms. The van der Waals surface area contributed by atoms with Gasteiger partial charge in [0.25, 0.3) is 0 Å². The second kappa shape index (κ2) is 5.65. The van der Waals surface area contributed by atoms with Crippen LogP contribution in [0.15, 0.2) is 0 Å². The van der Waals surface area contributed by atoms with E-state index in [9.17, 15) is 14.4 Å². The minimum absolute atomic E-state index is 0.00533. The van der Waals surface area contributed by atoms with Gasteiger partial charge < -0.3 is 4.74 Å². The van der Waals surface area contributed by atoms with Gasteiger partial charge in [0, 0.05) is 25.2 Å². The monoisotopic (exact) mass is 346 g/mol. The molecule has 4 fully saturated rings. The Morgan fingerprint density at radius 2 is 1.80 bits per heavy atom. The first-order valence-electron chi connectivity index (χ1n) is 9.93. The van der Waals surface area contributed by atoms with E-state index in [4.69, 9.17) is 4.74 Å². The van der Waals surface area contributed by atoms with Gasteiger partial charge in [0.2, 0.25) is 0 Å².